The fraction of sp³-hybridized carbons (Fsp3) is 0.0833. The van der Waals surface area contributed by atoms with Gasteiger partial charge in [0.05, 0.1) is 21.5 Å². The molecule has 0 atom stereocenters. The van der Waals surface area contributed by atoms with Crippen LogP contribution in [-0.4, -0.2) is 16.0 Å². The van der Waals surface area contributed by atoms with Crippen LogP contribution in [0.2, 0.25) is 10.0 Å². The molecule has 0 spiro atoms. The molecule has 33 heavy (non-hydrogen) atoms. The molecule has 0 unspecified atom stereocenters. The van der Waals surface area contributed by atoms with Gasteiger partial charge in [-0.15, -0.1) is 0 Å². The first-order chi connectivity index (χ1) is 15.8. The third-order valence-corrected chi connectivity index (χ3v) is 7.27. The zero-order valence-electron chi connectivity index (χ0n) is 16.9. The number of imide groups is 1. The second-order valence-electron chi connectivity index (χ2n) is 7.12. The van der Waals surface area contributed by atoms with Gasteiger partial charge in [0.1, 0.15) is 6.61 Å². The summed E-state index contributed by atoms with van der Waals surface area (Å²) in [5.41, 5.74) is 2.43. The van der Waals surface area contributed by atoms with E-state index in [0.717, 1.165) is 31.8 Å². The molecule has 3 aromatic carbocycles. The average Bonchev–Trinajstić information content (AvgIpc) is 3.03. The summed E-state index contributed by atoms with van der Waals surface area (Å²) in [5, 5.41) is 0.320. The largest absolute Gasteiger partial charge is 0.486 e. The van der Waals surface area contributed by atoms with Gasteiger partial charge in [0.15, 0.2) is 5.75 Å². The fourth-order valence-electron chi connectivity index (χ4n) is 3.10. The fourth-order valence-corrected chi connectivity index (χ4v) is 5.08. The van der Waals surface area contributed by atoms with Crippen molar-refractivity contribution in [3.05, 3.63) is 101 Å². The monoisotopic (exact) mass is 625 g/mol. The summed E-state index contributed by atoms with van der Waals surface area (Å²) >= 11 is 20.5. The van der Waals surface area contributed by atoms with Gasteiger partial charge in [-0.2, -0.15) is 0 Å². The van der Waals surface area contributed by atoms with Crippen LogP contribution in [0.3, 0.4) is 0 Å². The van der Waals surface area contributed by atoms with Crippen molar-refractivity contribution in [2.24, 2.45) is 0 Å². The van der Waals surface area contributed by atoms with Crippen LogP contribution in [0, 0.1) is 0 Å². The first-order valence-electron chi connectivity index (χ1n) is 9.66. The topological polar surface area (TPSA) is 46.6 Å². The molecule has 0 saturated carbocycles. The molecule has 0 bridgehead atoms. The number of benzene rings is 3. The lowest BCUT2D eigenvalue weighted by Crippen LogP contribution is -2.27. The van der Waals surface area contributed by atoms with Crippen molar-refractivity contribution in [2.45, 2.75) is 13.2 Å². The quantitative estimate of drug-likeness (QED) is 0.258. The Morgan fingerprint density at radius 3 is 2.00 bits per heavy atom. The van der Waals surface area contributed by atoms with Crippen molar-refractivity contribution in [2.75, 3.05) is 0 Å². The molecule has 1 aliphatic rings. The predicted molar refractivity (Wildman–Crippen MR) is 141 cm³/mol. The zero-order chi connectivity index (χ0) is 23.5. The van der Waals surface area contributed by atoms with Crippen molar-refractivity contribution in [3.63, 3.8) is 0 Å². The smallest absolute Gasteiger partial charge is 0.293 e. The molecular formula is C24H15Br2Cl2NO3S. The Balaban J connectivity index is 1.49. The molecule has 3 aromatic rings. The maximum atomic E-state index is 12.8. The molecule has 0 aliphatic carbocycles. The second kappa shape index (κ2) is 10.7. The number of rotatable bonds is 6. The molecule has 1 heterocycles. The highest BCUT2D eigenvalue weighted by molar-refractivity contribution is 9.10. The van der Waals surface area contributed by atoms with Gasteiger partial charge in [-0.05, 0) is 70.9 Å². The van der Waals surface area contributed by atoms with Crippen LogP contribution in [0.25, 0.3) is 6.08 Å². The maximum absolute atomic E-state index is 12.8. The van der Waals surface area contributed by atoms with Crippen LogP contribution in [0.4, 0.5) is 4.79 Å². The van der Waals surface area contributed by atoms with Gasteiger partial charge in [-0.3, -0.25) is 14.5 Å². The Morgan fingerprint density at radius 1 is 0.879 bits per heavy atom. The number of hydrogen-bond donors (Lipinski definition) is 0. The molecule has 4 rings (SSSR count). The van der Waals surface area contributed by atoms with Gasteiger partial charge in [0.2, 0.25) is 0 Å². The highest BCUT2D eigenvalue weighted by Crippen LogP contribution is 2.38. The number of thioether (sulfide) groups is 1. The third kappa shape index (κ3) is 6.03. The molecule has 2 amide bonds. The van der Waals surface area contributed by atoms with E-state index in [1.807, 2.05) is 48.5 Å². The lowest BCUT2D eigenvalue weighted by molar-refractivity contribution is -0.123. The number of carbonyl (C=O) groups is 2. The van der Waals surface area contributed by atoms with Crippen molar-refractivity contribution in [3.8, 4) is 5.75 Å². The van der Waals surface area contributed by atoms with E-state index in [2.05, 4.69) is 31.9 Å². The molecule has 4 nitrogen and oxygen atoms in total. The van der Waals surface area contributed by atoms with Gasteiger partial charge in [0, 0.05) is 8.95 Å². The average molecular weight is 628 g/mol. The zero-order valence-corrected chi connectivity index (χ0v) is 22.4. The molecular weight excluding hydrogens is 613 g/mol. The van der Waals surface area contributed by atoms with E-state index in [0.29, 0.717) is 32.9 Å². The summed E-state index contributed by atoms with van der Waals surface area (Å²) in [6.07, 6.45) is 1.61. The minimum absolute atomic E-state index is 0.208. The number of carbonyl (C=O) groups excluding carboxylic acids is 2. The summed E-state index contributed by atoms with van der Waals surface area (Å²) in [5.74, 6) is 0.0115. The van der Waals surface area contributed by atoms with E-state index < -0.39 is 0 Å². The van der Waals surface area contributed by atoms with Gasteiger partial charge in [0.25, 0.3) is 11.1 Å². The molecule has 0 N–H and O–H groups in total. The molecule has 1 aliphatic heterocycles. The van der Waals surface area contributed by atoms with Crippen LogP contribution in [0.15, 0.2) is 74.5 Å². The highest BCUT2D eigenvalue weighted by Gasteiger charge is 2.35. The number of halogens is 4. The van der Waals surface area contributed by atoms with Gasteiger partial charge in [-0.25, -0.2) is 0 Å². The lowest BCUT2D eigenvalue weighted by atomic mass is 10.2. The van der Waals surface area contributed by atoms with Crippen LogP contribution >= 0.6 is 66.8 Å². The molecule has 168 valence electrons. The number of ether oxygens (including phenoxy) is 1. The Bertz CT molecular complexity index is 1220. The Morgan fingerprint density at radius 2 is 1.42 bits per heavy atom. The molecule has 9 heteroatoms. The normalized spacial score (nSPS) is 14.9. The number of hydrogen-bond acceptors (Lipinski definition) is 4. The number of nitrogens with zero attached hydrogens (tertiary/aromatic N) is 1. The van der Waals surface area contributed by atoms with Crippen molar-refractivity contribution < 1.29 is 14.3 Å². The highest BCUT2D eigenvalue weighted by atomic mass is 79.9. The standard InChI is InChI=1S/C24H15Br2Cl2NO3S/c25-17-5-1-14(2-6-17)12-29-23(30)21(33-24(29)31)11-16-9-19(27)22(20(28)10-16)32-13-15-3-7-18(26)8-4-15/h1-11H,12-13H2/b21-11-. The Kier molecular flexibility index (Phi) is 7.87. The summed E-state index contributed by atoms with van der Waals surface area (Å²) in [6, 6.07) is 18.5. The van der Waals surface area contributed by atoms with E-state index in [9.17, 15) is 9.59 Å². The van der Waals surface area contributed by atoms with Gasteiger partial charge >= 0.3 is 0 Å². The van der Waals surface area contributed by atoms with E-state index in [-0.39, 0.29) is 17.7 Å². The molecule has 0 radical (unpaired) electrons. The van der Waals surface area contributed by atoms with Crippen LogP contribution in [0.5, 0.6) is 5.75 Å². The Labute approximate surface area is 222 Å². The Hall–Kier alpha value is -1.77. The number of amides is 2. The molecule has 0 aromatic heterocycles. The van der Waals surface area contributed by atoms with Crippen molar-refractivity contribution >= 4 is 84.0 Å². The third-order valence-electron chi connectivity index (χ3n) is 4.74. The molecule has 1 saturated heterocycles. The van der Waals surface area contributed by atoms with Crippen LogP contribution in [-0.2, 0) is 17.9 Å². The predicted octanol–water partition coefficient (Wildman–Crippen LogP) is 8.33. The van der Waals surface area contributed by atoms with E-state index in [4.69, 9.17) is 27.9 Å². The van der Waals surface area contributed by atoms with Crippen molar-refractivity contribution in [1.82, 2.24) is 4.90 Å². The van der Waals surface area contributed by atoms with E-state index in [1.54, 1.807) is 18.2 Å². The minimum Gasteiger partial charge on any atom is -0.486 e. The summed E-state index contributed by atoms with van der Waals surface area (Å²) < 4.78 is 7.72. The van der Waals surface area contributed by atoms with Crippen molar-refractivity contribution in [1.29, 1.82) is 0 Å². The van der Waals surface area contributed by atoms with Crippen LogP contribution < -0.4 is 4.74 Å². The minimum atomic E-state index is -0.351. The van der Waals surface area contributed by atoms with E-state index >= 15 is 0 Å². The summed E-state index contributed by atoms with van der Waals surface area (Å²) in [7, 11) is 0. The summed E-state index contributed by atoms with van der Waals surface area (Å²) in [6.45, 7) is 0.515. The first-order valence-corrected chi connectivity index (χ1v) is 12.8. The second-order valence-corrected chi connectivity index (χ2v) is 10.8. The van der Waals surface area contributed by atoms with Gasteiger partial charge < -0.3 is 4.74 Å². The maximum Gasteiger partial charge on any atom is 0.293 e. The van der Waals surface area contributed by atoms with Gasteiger partial charge in [-0.1, -0.05) is 79.3 Å². The molecule has 1 fully saturated rings. The van der Waals surface area contributed by atoms with Crippen LogP contribution in [0.1, 0.15) is 16.7 Å². The van der Waals surface area contributed by atoms with E-state index in [1.165, 1.54) is 4.90 Å². The first kappa shape index (κ1) is 24.4. The summed E-state index contributed by atoms with van der Waals surface area (Å²) in [4.78, 5) is 26.8. The lowest BCUT2D eigenvalue weighted by Gasteiger charge is -2.12. The SMILES string of the molecule is O=C1S/C(=C\c2cc(Cl)c(OCc3ccc(Br)cc3)c(Cl)c2)C(=O)N1Cc1ccc(Br)cc1.